The summed E-state index contributed by atoms with van der Waals surface area (Å²) in [7, 11) is 0. The van der Waals surface area contributed by atoms with Crippen molar-refractivity contribution in [1.29, 1.82) is 0 Å². The van der Waals surface area contributed by atoms with Crippen LogP contribution in [-0.2, 0) is 0 Å². The lowest BCUT2D eigenvalue weighted by atomic mass is 10.1. The second-order valence-electron chi connectivity index (χ2n) is 4.77. The van der Waals surface area contributed by atoms with Gasteiger partial charge in [-0.2, -0.15) is 4.40 Å². The highest BCUT2D eigenvalue weighted by Crippen LogP contribution is 2.20. The number of pyridine rings is 1. The quantitative estimate of drug-likeness (QED) is 0.376. The van der Waals surface area contributed by atoms with Crippen molar-refractivity contribution in [2.45, 2.75) is 0 Å². The summed E-state index contributed by atoms with van der Waals surface area (Å²) in [4.78, 5) is 4.84. The second-order valence-corrected chi connectivity index (χ2v) is 4.77. The standard InChI is InChI=1S/C18H13N2/c1-2-8-14(9-3-1)18-19-16-11-5-4-10-15(16)17-12-6-7-13-20(17)18/h1-13H/q+1. The maximum atomic E-state index is 4.84. The van der Waals surface area contributed by atoms with Crippen LogP contribution in [0.2, 0.25) is 0 Å². The van der Waals surface area contributed by atoms with E-state index in [0.29, 0.717) is 0 Å². The fourth-order valence-electron chi connectivity index (χ4n) is 2.59. The predicted octanol–water partition coefficient (Wildman–Crippen LogP) is 3.64. The summed E-state index contributed by atoms with van der Waals surface area (Å²) >= 11 is 0. The van der Waals surface area contributed by atoms with Gasteiger partial charge in [-0.15, -0.1) is 0 Å². The number of rotatable bonds is 1. The van der Waals surface area contributed by atoms with Crippen molar-refractivity contribution < 1.29 is 4.40 Å². The van der Waals surface area contributed by atoms with Gasteiger partial charge < -0.3 is 0 Å². The molecule has 0 radical (unpaired) electrons. The molecule has 4 aromatic rings. The molecular weight excluding hydrogens is 244 g/mol. The minimum Gasteiger partial charge on any atom is -0.195 e. The molecule has 0 unspecified atom stereocenters. The van der Waals surface area contributed by atoms with Crippen LogP contribution in [0.25, 0.3) is 27.8 Å². The van der Waals surface area contributed by atoms with E-state index in [1.165, 1.54) is 10.9 Å². The van der Waals surface area contributed by atoms with Gasteiger partial charge in [0.25, 0.3) is 0 Å². The molecule has 0 aliphatic rings. The zero-order valence-electron chi connectivity index (χ0n) is 10.9. The number of fused-ring (bicyclic) bond motifs is 3. The van der Waals surface area contributed by atoms with Crippen LogP contribution in [0.5, 0.6) is 0 Å². The van der Waals surface area contributed by atoms with Gasteiger partial charge in [-0.05, 0) is 41.4 Å². The summed E-state index contributed by atoms with van der Waals surface area (Å²) in [6.07, 6.45) is 2.07. The maximum Gasteiger partial charge on any atom is 0.336 e. The second kappa shape index (κ2) is 4.42. The summed E-state index contributed by atoms with van der Waals surface area (Å²) < 4.78 is 2.15. The molecule has 20 heavy (non-hydrogen) atoms. The molecule has 2 heteroatoms. The minimum absolute atomic E-state index is 0.972. The summed E-state index contributed by atoms with van der Waals surface area (Å²) in [6, 6.07) is 24.8. The average Bonchev–Trinajstić information content (AvgIpc) is 2.55. The van der Waals surface area contributed by atoms with Crippen LogP contribution < -0.4 is 4.40 Å². The van der Waals surface area contributed by atoms with E-state index in [0.717, 1.165) is 16.9 Å². The molecular formula is C18H13N2+. The molecule has 0 aliphatic heterocycles. The van der Waals surface area contributed by atoms with E-state index in [2.05, 4.69) is 53.1 Å². The fraction of sp³-hybridized carbons (Fsp3) is 0. The van der Waals surface area contributed by atoms with Crippen LogP contribution in [-0.4, -0.2) is 4.98 Å². The van der Waals surface area contributed by atoms with Gasteiger partial charge in [0.2, 0.25) is 0 Å². The van der Waals surface area contributed by atoms with E-state index >= 15 is 0 Å². The number of para-hydroxylation sites is 1. The molecule has 2 aromatic heterocycles. The summed E-state index contributed by atoms with van der Waals surface area (Å²) in [5.74, 6) is 0.972. The van der Waals surface area contributed by atoms with Gasteiger partial charge >= 0.3 is 5.82 Å². The minimum atomic E-state index is 0.972. The van der Waals surface area contributed by atoms with Gasteiger partial charge in [-0.3, -0.25) is 0 Å². The van der Waals surface area contributed by atoms with Crippen LogP contribution in [0.15, 0.2) is 79.0 Å². The maximum absolute atomic E-state index is 4.84. The summed E-state index contributed by atoms with van der Waals surface area (Å²) in [5.41, 5.74) is 3.33. The molecule has 0 amide bonds. The smallest absolute Gasteiger partial charge is 0.195 e. The molecule has 2 heterocycles. The number of hydrogen-bond donors (Lipinski definition) is 0. The summed E-state index contributed by atoms with van der Waals surface area (Å²) in [5, 5.41) is 1.17. The highest BCUT2D eigenvalue weighted by molar-refractivity contribution is 5.91. The van der Waals surface area contributed by atoms with Gasteiger partial charge in [0.1, 0.15) is 5.52 Å². The molecule has 0 bridgehead atoms. The lowest BCUT2D eigenvalue weighted by Gasteiger charge is -2.02. The van der Waals surface area contributed by atoms with Crippen molar-refractivity contribution in [2.75, 3.05) is 0 Å². The van der Waals surface area contributed by atoms with Crippen LogP contribution in [0.1, 0.15) is 0 Å². The number of aromatic nitrogens is 2. The Balaban J connectivity index is 2.19. The Labute approximate surface area is 117 Å². The van der Waals surface area contributed by atoms with Gasteiger partial charge in [0.05, 0.1) is 17.1 Å². The zero-order valence-corrected chi connectivity index (χ0v) is 10.9. The monoisotopic (exact) mass is 257 g/mol. The Kier molecular flexibility index (Phi) is 2.46. The Hall–Kier alpha value is -2.74. The number of nitrogens with zero attached hydrogens (tertiary/aromatic N) is 2. The molecule has 0 spiro atoms. The molecule has 2 aromatic carbocycles. The highest BCUT2D eigenvalue weighted by atomic mass is 15.0. The number of benzene rings is 2. The van der Waals surface area contributed by atoms with Crippen LogP contribution >= 0.6 is 0 Å². The highest BCUT2D eigenvalue weighted by Gasteiger charge is 2.17. The summed E-state index contributed by atoms with van der Waals surface area (Å²) in [6.45, 7) is 0. The first-order chi connectivity index (χ1) is 9.93. The van der Waals surface area contributed by atoms with E-state index in [1.807, 2.05) is 30.3 Å². The van der Waals surface area contributed by atoms with Crippen molar-refractivity contribution in [2.24, 2.45) is 0 Å². The Morgan fingerprint density at radius 1 is 0.700 bits per heavy atom. The normalized spacial score (nSPS) is 11.0. The van der Waals surface area contributed by atoms with Gasteiger partial charge in [-0.1, -0.05) is 36.4 Å². The first-order valence-electron chi connectivity index (χ1n) is 6.68. The molecule has 0 aliphatic carbocycles. The third kappa shape index (κ3) is 1.66. The van der Waals surface area contributed by atoms with Gasteiger partial charge in [-0.25, -0.2) is 0 Å². The molecule has 0 saturated heterocycles. The van der Waals surface area contributed by atoms with E-state index < -0.39 is 0 Å². The lowest BCUT2D eigenvalue weighted by molar-refractivity contribution is -0.501. The first-order valence-corrected chi connectivity index (χ1v) is 6.68. The van der Waals surface area contributed by atoms with Crippen molar-refractivity contribution in [3.05, 3.63) is 79.0 Å². The van der Waals surface area contributed by atoms with E-state index in [9.17, 15) is 0 Å². The SMILES string of the molecule is c1ccc(-c2nc3ccccc3c3cccc[n+]23)cc1. The topological polar surface area (TPSA) is 17.0 Å². The van der Waals surface area contributed by atoms with Crippen LogP contribution in [0.4, 0.5) is 0 Å². The third-order valence-corrected chi connectivity index (χ3v) is 3.53. The van der Waals surface area contributed by atoms with Gasteiger partial charge in [0.15, 0.2) is 5.52 Å². The molecule has 0 atom stereocenters. The van der Waals surface area contributed by atoms with Crippen molar-refractivity contribution in [3.63, 3.8) is 0 Å². The molecule has 0 fully saturated rings. The largest absolute Gasteiger partial charge is 0.336 e. The van der Waals surface area contributed by atoms with Gasteiger partial charge in [0, 0.05) is 0 Å². The Bertz CT molecular complexity index is 899. The lowest BCUT2D eigenvalue weighted by Crippen LogP contribution is -2.26. The Morgan fingerprint density at radius 2 is 1.45 bits per heavy atom. The molecule has 0 saturated carbocycles. The van der Waals surface area contributed by atoms with Crippen molar-refractivity contribution in [1.82, 2.24) is 4.98 Å². The van der Waals surface area contributed by atoms with E-state index in [4.69, 9.17) is 4.98 Å². The van der Waals surface area contributed by atoms with E-state index in [1.54, 1.807) is 0 Å². The Morgan fingerprint density at radius 3 is 2.35 bits per heavy atom. The molecule has 0 N–H and O–H groups in total. The first kappa shape index (κ1) is 11.1. The van der Waals surface area contributed by atoms with Crippen LogP contribution in [0, 0.1) is 0 Å². The molecule has 4 rings (SSSR count). The molecule has 2 nitrogen and oxygen atoms in total. The van der Waals surface area contributed by atoms with E-state index in [-0.39, 0.29) is 0 Å². The van der Waals surface area contributed by atoms with Crippen molar-refractivity contribution >= 4 is 16.4 Å². The third-order valence-electron chi connectivity index (χ3n) is 3.53. The molecule has 94 valence electrons. The fourth-order valence-corrected chi connectivity index (χ4v) is 2.59. The predicted molar refractivity (Wildman–Crippen MR) is 80.3 cm³/mol. The average molecular weight is 257 g/mol. The number of hydrogen-bond acceptors (Lipinski definition) is 1. The zero-order chi connectivity index (χ0) is 13.4. The van der Waals surface area contributed by atoms with Crippen LogP contribution in [0.3, 0.4) is 0 Å². The van der Waals surface area contributed by atoms with Crippen molar-refractivity contribution in [3.8, 4) is 11.4 Å².